The van der Waals surface area contributed by atoms with E-state index in [1.54, 1.807) is 0 Å². The molecule has 0 spiro atoms. The molecule has 0 aliphatic carbocycles. The third-order valence-electron chi connectivity index (χ3n) is 8.13. The number of hydrogen-bond acceptors (Lipinski definition) is 5. The van der Waals surface area contributed by atoms with Gasteiger partial charge in [0.05, 0.1) is 13.2 Å². The molecule has 0 bridgehead atoms. The summed E-state index contributed by atoms with van der Waals surface area (Å²) in [6, 6.07) is 17.8. The van der Waals surface area contributed by atoms with E-state index in [9.17, 15) is 4.79 Å². The van der Waals surface area contributed by atoms with Crippen LogP contribution in [0.15, 0.2) is 48.5 Å². The number of aromatic nitrogens is 1. The second-order valence-corrected chi connectivity index (χ2v) is 11.0. The molecule has 1 aromatic heterocycles. The van der Waals surface area contributed by atoms with Gasteiger partial charge >= 0.3 is 5.97 Å². The number of hydrogen-bond donors (Lipinski definition) is 2. The first-order valence-electron chi connectivity index (χ1n) is 13.3. The Morgan fingerprint density at radius 3 is 2.53 bits per heavy atom. The van der Waals surface area contributed by atoms with E-state index in [2.05, 4.69) is 96.6 Å². The number of para-hydroxylation sites is 1. The van der Waals surface area contributed by atoms with Crippen LogP contribution in [0.25, 0.3) is 10.9 Å². The minimum Gasteiger partial charge on any atom is -0.468 e. The summed E-state index contributed by atoms with van der Waals surface area (Å²) in [6.45, 7) is 6.40. The van der Waals surface area contributed by atoms with E-state index in [0.29, 0.717) is 18.4 Å². The molecule has 3 aromatic rings. The number of benzene rings is 2. The SMILES string of the molecule is COC(=O)[C@@H]1Cc2c([nH]c3ccccc23)[C@H]2C[C@H](NCCN(C)C)C[C@@H](c3ccc(C(C)C)cc3)N21. The molecule has 0 radical (unpaired) electrons. The molecule has 1 saturated heterocycles. The Labute approximate surface area is 215 Å². The van der Waals surface area contributed by atoms with Gasteiger partial charge < -0.3 is 19.9 Å². The summed E-state index contributed by atoms with van der Waals surface area (Å²) in [5, 5.41) is 5.06. The lowest BCUT2D eigenvalue weighted by molar-refractivity contribution is -0.152. The average molecular weight is 489 g/mol. The fourth-order valence-corrected chi connectivity index (χ4v) is 6.23. The first-order valence-corrected chi connectivity index (χ1v) is 13.3. The van der Waals surface area contributed by atoms with Gasteiger partial charge in [0, 0.05) is 48.2 Å². The standard InChI is InChI=1S/C30H40N4O2/c1-19(2)20-10-12-21(13-11-20)26-16-22(31-14-15-33(3)4)17-27-29-24(18-28(34(26)27)30(35)36-5)23-8-6-7-9-25(23)32-29/h6-13,19,22,26-28,31-32H,14-18H2,1-5H3/t22-,26+,27-,28+/m1/s1. The Bertz CT molecular complexity index is 1200. The van der Waals surface area contributed by atoms with Crippen LogP contribution in [0.5, 0.6) is 0 Å². The zero-order valence-electron chi connectivity index (χ0n) is 22.3. The normalized spacial score (nSPS) is 24.2. The zero-order valence-corrected chi connectivity index (χ0v) is 22.3. The Hall–Kier alpha value is -2.67. The van der Waals surface area contributed by atoms with Crippen molar-refractivity contribution >= 4 is 16.9 Å². The molecule has 4 atom stereocenters. The molecular weight excluding hydrogens is 448 g/mol. The quantitative estimate of drug-likeness (QED) is 0.469. The fourth-order valence-electron chi connectivity index (χ4n) is 6.23. The van der Waals surface area contributed by atoms with Crippen LogP contribution in [0.3, 0.4) is 0 Å². The molecule has 3 heterocycles. The van der Waals surface area contributed by atoms with Crippen molar-refractivity contribution in [1.82, 2.24) is 20.1 Å². The lowest BCUT2D eigenvalue weighted by Gasteiger charge is -2.51. The highest BCUT2D eigenvalue weighted by molar-refractivity contribution is 5.87. The van der Waals surface area contributed by atoms with Crippen molar-refractivity contribution in [3.05, 3.63) is 70.9 Å². The first-order chi connectivity index (χ1) is 17.4. The van der Waals surface area contributed by atoms with Gasteiger partial charge in [-0.1, -0.05) is 56.3 Å². The smallest absolute Gasteiger partial charge is 0.323 e. The molecule has 2 aliphatic heterocycles. The van der Waals surface area contributed by atoms with Crippen LogP contribution in [0.2, 0.25) is 0 Å². The Morgan fingerprint density at radius 1 is 1.11 bits per heavy atom. The highest BCUT2D eigenvalue weighted by Gasteiger charge is 2.48. The molecule has 2 aliphatic rings. The summed E-state index contributed by atoms with van der Waals surface area (Å²) in [7, 11) is 5.74. The number of rotatable bonds is 7. The van der Waals surface area contributed by atoms with Crippen molar-refractivity contribution in [2.75, 3.05) is 34.3 Å². The predicted octanol–water partition coefficient (Wildman–Crippen LogP) is 4.79. The van der Waals surface area contributed by atoms with Crippen molar-refractivity contribution in [3.63, 3.8) is 0 Å². The van der Waals surface area contributed by atoms with Crippen LogP contribution in [0.4, 0.5) is 0 Å². The lowest BCUT2D eigenvalue weighted by Crippen LogP contribution is -2.56. The van der Waals surface area contributed by atoms with Crippen LogP contribution in [0, 0.1) is 0 Å². The minimum absolute atomic E-state index is 0.116. The van der Waals surface area contributed by atoms with Gasteiger partial charge in [-0.15, -0.1) is 0 Å². The van der Waals surface area contributed by atoms with Crippen molar-refractivity contribution in [1.29, 1.82) is 0 Å². The molecule has 36 heavy (non-hydrogen) atoms. The number of ether oxygens (including phenoxy) is 1. The number of methoxy groups -OCH3 is 1. The van der Waals surface area contributed by atoms with Gasteiger partial charge in [-0.05, 0) is 55.6 Å². The summed E-state index contributed by atoms with van der Waals surface area (Å²) in [4.78, 5) is 21.7. The van der Waals surface area contributed by atoms with Gasteiger partial charge in [0.15, 0.2) is 0 Å². The number of aromatic amines is 1. The highest BCUT2D eigenvalue weighted by Crippen LogP contribution is 2.48. The third kappa shape index (κ3) is 4.70. The number of H-pyrrole nitrogens is 1. The van der Waals surface area contributed by atoms with Crippen molar-refractivity contribution in [2.45, 2.75) is 63.2 Å². The zero-order chi connectivity index (χ0) is 25.4. The largest absolute Gasteiger partial charge is 0.468 e. The van der Waals surface area contributed by atoms with E-state index in [0.717, 1.165) is 31.4 Å². The topological polar surface area (TPSA) is 60.6 Å². The highest BCUT2D eigenvalue weighted by atomic mass is 16.5. The van der Waals surface area contributed by atoms with Gasteiger partial charge in [-0.2, -0.15) is 0 Å². The maximum absolute atomic E-state index is 13.2. The molecule has 6 nitrogen and oxygen atoms in total. The van der Waals surface area contributed by atoms with Crippen LogP contribution in [-0.2, 0) is 16.0 Å². The van der Waals surface area contributed by atoms with Gasteiger partial charge in [0.1, 0.15) is 6.04 Å². The predicted molar refractivity (Wildman–Crippen MR) is 145 cm³/mol. The summed E-state index contributed by atoms with van der Waals surface area (Å²) < 4.78 is 5.38. The minimum atomic E-state index is -0.302. The second-order valence-electron chi connectivity index (χ2n) is 11.0. The van der Waals surface area contributed by atoms with Crippen molar-refractivity contribution < 1.29 is 9.53 Å². The molecule has 5 rings (SSSR count). The van der Waals surface area contributed by atoms with E-state index in [1.807, 2.05) is 0 Å². The van der Waals surface area contributed by atoms with Crippen LogP contribution >= 0.6 is 0 Å². The summed E-state index contributed by atoms with van der Waals surface area (Å²) >= 11 is 0. The van der Waals surface area contributed by atoms with E-state index < -0.39 is 0 Å². The number of carbonyl (C=O) groups excluding carboxylic acids is 1. The number of nitrogens with one attached hydrogen (secondary N) is 2. The Morgan fingerprint density at radius 2 is 1.83 bits per heavy atom. The average Bonchev–Trinajstić information content (AvgIpc) is 3.26. The van der Waals surface area contributed by atoms with Gasteiger partial charge in [0.2, 0.25) is 0 Å². The molecule has 1 fully saturated rings. The molecule has 0 saturated carbocycles. The number of fused-ring (bicyclic) bond motifs is 5. The summed E-state index contributed by atoms with van der Waals surface area (Å²) in [5.74, 6) is 0.351. The van der Waals surface area contributed by atoms with Crippen molar-refractivity contribution in [2.24, 2.45) is 0 Å². The van der Waals surface area contributed by atoms with Crippen LogP contribution in [0.1, 0.15) is 67.1 Å². The van der Waals surface area contributed by atoms with Gasteiger partial charge in [-0.25, -0.2) is 0 Å². The monoisotopic (exact) mass is 488 g/mol. The Balaban J connectivity index is 1.58. The van der Waals surface area contributed by atoms with Crippen molar-refractivity contribution in [3.8, 4) is 0 Å². The van der Waals surface area contributed by atoms with Crippen LogP contribution in [-0.4, -0.2) is 67.1 Å². The number of likely N-dealkylation sites (N-methyl/N-ethyl adjacent to an activating group) is 1. The van der Waals surface area contributed by atoms with Crippen LogP contribution < -0.4 is 5.32 Å². The summed E-state index contributed by atoms with van der Waals surface area (Å²) in [6.07, 6.45) is 2.59. The molecule has 2 aromatic carbocycles. The van der Waals surface area contributed by atoms with Gasteiger partial charge in [-0.3, -0.25) is 9.69 Å². The molecule has 6 heteroatoms. The molecule has 2 N–H and O–H groups in total. The van der Waals surface area contributed by atoms with Gasteiger partial charge in [0.25, 0.3) is 0 Å². The molecule has 192 valence electrons. The number of esters is 1. The lowest BCUT2D eigenvalue weighted by atomic mass is 9.79. The molecule has 0 amide bonds. The van der Waals surface area contributed by atoms with E-state index in [-0.39, 0.29) is 24.1 Å². The van der Waals surface area contributed by atoms with E-state index in [4.69, 9.17) is 4.74 Å². The Kier molecular flexibility index (Phi) is 7.20. The first kappa shape index (κ1) is 25.0. The van der Waals surface area contributed by atoms with E-state index in [1.165, 1.54) is 34.9 Å². The maximum atomic E-state index is 13.2. The number of piperidine rings is 1. The third-order valence-corrected chi connectivity index (χ3v) is 8.13. The summed E-state index contributed by atoms with van der Waals surface area (Å²) in [5.41, 5.74) is 6.29. The molecule has 0 unspecified atom stereocenters. The maximum Gasteiger partial charge on any atom is 0.323 e. The fraction of sp³-hybridized carbons (Fsp3) is 0.500. The number of carbonyl (C=O) groups is 1. The number of nitrogens with zero attached hydrogens (tertiary/aromatic N) is 2. The molecular formula is C30H40N4O2. The van der Waals surface area contributed by atoms with E-state index >= 15 is 0 Å². The second kappa shape index (κ2) is 10.4.